The fourth-order valence-electron chi connectivity index (χ4n) is 2.20. The van der Waals surface area contributed by atoms with Crippen LogP contribution < -0.4 is 5.73 Å². The lowest BCUT2D eigenvalue weighted by Crippen LogP contribution is -2.48. The number of benzene rings is 1. The molecule has 18 heavy (non-hydrogen) atoms. The van der Waals surface area contributed by atoms with E-state index in [0.29, 0.717) is 12.5 Å². The molecule has 3 N–H and O–H groups in total. The number of hydrogen-bond donors (Lipinski definition) is 2. The maximum absolute atomic E-state index is 9.68. The highest BCUT2D eigenvalue weighted by molar-refractivity contribution is 5.78. The highest BCUT2D eigenvalue weighted by Gasteiger charge is 2.24. The second-order valence-electron chi connectivity index (χ2n) is 4.94. The van der Waals surface area contributed by atoms with Crippen molar-refractivity contribution >= 4 is 5.96 Å². The molecule has 1 fully saturated rings. The van der Waals surface area contributed by atoms with Crippen LogP contribution in [0.15, 0.2) is 35.3 Å². The molecule has 1 aromatic carbocycles. The smallest absolute Gasteiger partial charge is 0.191 e. The third-order valence-electron chi connectivity index (χ3n) is 3.45. The van der Waals surface area contributed by atoms with Gasteiger partial charge in [-0.25, -0.2) is 4.99 Å². The first-order chi connectivity index (χ1) is 8.66. The third-order valence-corrected chi connectivity index (χ3v) is 3.45. The molecule has 0 spiro atoms. The molecule has 0 saturated carbocycles. The van der Waals surface area contributed by atoms with E-state index in [1.54, 1.807) is 0 Å². The van der Waals surface area contributed by atoms with Crippen molar-refractivity contribution in [2.75, 3.05) is 13.1 Å². The van der Waals surface area contributed by atoms with Crippen LogP contribution in [-0.2, 0) is 6.54 Å². The average Bonchev–Trinajstić information content (AvgIpc) is 2.40. The normalized spacial score (nSPS) is 25.2. The summed E-state index contributed by atoms with van der Waals surface area (Å²) in [4.78, 5) is 6.47. The molecular weight excluding hydrogens is 226 g/mol. The number of nitrogens with two attached hydrogens (primary N) is 1. The van der Waals surface area contributed by atoms with Gasteiger partial charge in [-0.1, -0.05) is 37.3 Å². The largest absolute Gasteiger partial charge is 0.393 e. The Balaban J connectivity index is 1.93. The first kappa shape index (κ1) is 12.9. The minimum atomic E-state index is -0.205. The monoisotopic (exact) mass is 247 g/mol. The Kier molecular flexibility index (Phi) is 4.20. The Bertz CT molecular complexity index is 405. The van der Waals surface area contributed by atoms with Gasteiger partial charge in [-0.2, -0.15) is 0 Å². The minimum Gasteiger partial charge on any atom is -0.393 e. The molecule has 1 heterocycles. The van der Waals surface area contributed by atoms with Crippen LogP contribution >= 0.6 is 0 Å². The van der Waals surface area contributed by atoms with E-state index >= 15 is 0 Å². The highest BCUT2D eigenvalue weighted by Crippen LogP contribution is 2.16. The lowest BCUT2D eigenvalue weighted by atomic mass is 9.97. The SMILES string of the molecule is CC1CN(C(N)=NCc2ccccc2)CCC1O. The van der Waals surface area contributed by atoms with Crippen molar-refractivity contribution in [2.24, 2.45) is 16.6 Å². The van der Waals surface area contributed by atoms with Crippen LogP contribution in [0.25, 0.3) is 0 Å². The van der Waals surface area contributed by atoms with E-state index in [9.17, 15) is 5.11 Å². The maximum atomic E-state index is 9.68. The summed E-state index contributed by atoms with van der Waals surface area (Å²) in [5, 5.41) is 9.68. The predicted octanol–water partition coefficient (Wildman–Crippen LogP) is 1.20. The topological polar surface area (TPSA) is 61.8 Å². The van der Waals surface area contributed by atoms with Crippen LogP contribution in [0.1, 0.15) is 18.9 Å². The van der Waals surface area contributed by atoms with E-state index in [4.69, 9.17) is 5.73 Å². The van der Waals surface area contributed by atoms with Gasteiger partial charge in [0.2, 0.25) is 0 Å². The van der Waals surface area contributed by atoms with Crippen molar-refractivity contribution in [3.05, 3.63) is 35.9 Å². The molecule has 0 amide bonds. The second-order valence-corrected chi connectivity index (χ2v) is 4.94. The van der Waals surface area contributed by atoms with Gasteiger partial charge in [0, 0.05) is 13.1 Å². The number of aliphatic hydroxyl groups is 1. The first-order valence-corrected chi connectivity index (χ1v) is 6.43. The fourth-order valence-corrected chi connectivity index (χ4v) is 2.20. The van der Waals surface area contributed by atoms with Crippen LogP contribution in [0.5, 0.6) is 0 Å². The molecule has 1 aliphatic rings. The standard InChI is InChI=1S/C14H21N3O/c1-11-10-17(8-7-13(11)18)14(15)16-9-12-5-3-2-4-6-12/h2-6,11,13,18H,7-10H2,1H3,(H2,15,16). The highest BCUT2D eigenvalue weighted by atomic mass is 16.3. The molecule has 0 aromatic heterocycles. The number of aliphatic imine (C=N–C) groups is 1. The van der Waals surface area contributed by atoms with E-state index < -0.39 is 0 Å². The van der Waals surface area contributed by atoms with E-state index in [2.05, 4.69) is 9.89 Å². The molecular formula is C14H21N3O. The number of likely N-dealkylation sites (tertiary alicyclic amines) is 1. The first-order valence-electron chi connectivity index (χ1n) is 6.43. The summed E-state index contributed by atoms with van der Waals surface area (Å²) in [5.74, 6) is 0.835. The Labute approximate surface area is 108 Å². The zero-order valence-corrected chi connectivity index (χ0v) is 10.8. The molecule has 4 heteroatoms. The molecule has 1 aliphatic heterocycles. The number of nitrogens with zero attached hydrogens (tertiary/aromatic N) is 2. The van der Waals surface area contributed by atoms with E-state index in [0.717, 1.165) is 25.1 Å². The summed E-state index contributed by atoms with van der Waals surface area (Å²) < 4.78 is 0. The molecule has 1 aromatic rings. The maximum Gasteiger partial charge on any atom is 0.191 e. The van der Waals surface area contributed by atoms with Crippen molar-refractivity contribution in [2.45, 2.75) is 26.0 Å². The molecule has 2 rings (SSSR count). The Hall–Kier alpha value is -1.55. The Morgan fingerprint density at radius 3 is 2.83 bits per heavy atom. The zero-order chi connectivity index (χ0) is 13.0. The molecule has 0 bridgehead atoms. The lowest BCUT2D eigenvalue weighted by Gasteiger charge is -2.35. The van der Waals surface area contributed by atoms with Gasteiger partial charge in [0.15, 0.2) is 5.96 Å². The minimum absolute atomic E-state index is 0.205. The number of guanidine groups is 1. The molecule has 0 radical (unpaired) electrons. The number of rotatable bonds is 2. The van der Waals surface area contributed by atoms with Gasteiger partial charge in [0.25, 0.3) is 0 Å². The van der Waals surface area contributed by atoms with Gasteiger partial charge in [0.05, 0.1) is 12.6 Å². The average molecular weight is 247 g/mol. The predicted molar refractivity (Wildman–Crippen MR) is 73.1 cm³/mol. The summed E-state index contributed by atoms with van der Waals surface area (Å²) in [5.41, 5.74) is 7.16. The Morgan fingerprint density at radius 2 is 2.17 bits per heavy atom. The summed E-state index contributed by atoms with van der Waals surface area (Å²) in [7, 11) is 0. The summed E-state index contributed by atoms with van der Waals surface area (Å²) in [6, 6.07) is 10.1. The third kappa shape index (κ3) is 3.23. The second kappa shape index (κ2) is 5.87. The Morgan fingerprint density at radius 1 is 1.44 bits per heavy atom. The van der Waals surface area contributed by atoms with E-state index in [1.165, 1.54) is 0 Å². The van der Waals surface area contributed by atoms with Gasteiger partial charge in [-0.3, -0.25) is 0 Å². The van der Waals surface area contributed by atoms with Gasteiger partial charge in [-0.05, 0) is 17.9 Å². The molecule has 2 unspecified atom stereocenters. The van der Waals surface area contributed by atoms with Crippen LogP contribution in [0.4, 0.5) is 0 Å². The van der Waals surface area contributed by atoms with Crippen LogP contribution in [0, 0.1) is 5.92 Å². The number of piperidine rings is 1. The molecule has 98 valence electrons. The van der Waals surface area contributed by atoms with Gasteiger partial charge in [0.1, 0.15) is 0 Å². The molecule has 4 nitrogen and oxygen atoms in total. The lowest BCUT2D eigenvalue weighted by molar-refractivity contribution is 0.0585. The molecule has 0 aliphatic carbocycles. The number of hydrogen-bond acceptors (Lipinski definition) is 2. The van der Waals surface area contributed by atoms with E-state index in [-0.39, 0.29) is 12.0 Å². The quantitative estimate of drug-likeness (QED) is 0.610. The van der Waals surface area contributed by atoms with Crippen molar-refractivity contribution < 1.29 is 5.11 Å². The van der Waals surface area contributed by atoms with Crippen LogP contribution in [0.2, 0.25) is 0 Å². The van der Waals surface area contributed by atoms with Gasteiger partial charge in [-0.15, -0.1) is 0 Å². The van der Waals surface area contributed by atoms with Crippen LogP contribution in [0.3, 0.4) is 0 Å². The van der Waals surface area contributed by atoms with E-state index in [1.807, 2.05) is 37.3 Å². The van der Waals surface area contributed by atoms with Crippen molar-refractivity contribution in [3.8, 4) is 0 Å². The van der Waals surface area contributed by atoms with Gasteiger partial charge < -0.3 is 15.7 Å². The fraction of sp³-hybridized carbons (Fsp3) is 0.500. The van der Waals surface area contributed by atoms with Crippen molar-refractivity contribution in [1.29, 1.82) is 0 Å². The summed E-state index contributed by atoms with van der Waals surface area (Å²) >= 11 is 0. The summed E-state index contributed by atoms with van der Waals surface area (Å²) in [6.07, 6.45) is 0.561. The van der Waals surface area contributed by atoms with Crippen LogP contribution in [-0.4, -0.2) is 35.2 Å². The molecule has 2 atom stereocenters. The zero-order valence-electron chi connectivity index (χ0n) is 10.8. The number of aliphatic hydroxyl groups excluding tert-OH is 1. The van der Waals surface area contributed by atoms with Crippen molar-refractivity contribution in [1.82, 2.24) is 4.90 Å². The summed E-state index contributed by atoms with van der Waals surface area (Å²) in [6.45, 7) is 4.22. The van der Waals surface area contributed by atoms with Crippen molar-refractivity contribution in [3.63, 3.8) is 0 Å². The molecule has 1 saturated heterocycles. The van der Waals surface area contributed by atoms with Gasteiger partial charge >= 0.3 is 0 Å².